The monoisotopic (exact) mass is 720 g/mol. The van der Waals surface area contributed by atoms with Crippen molar-refractivity contribution in [3.63, 3.8) is 0 Å². The largest absolute Gasteiger partial charge is 0.490 e. The van der Waals surface area contributed by atoms with Gasteiger partial charge in [0.25, 0.3) is 0 Å². The molecule has 54 heavy (non-hydrogen) atoms. The SMILES string of the molecule is Cc1ccc(C2(c3ccc(OCCOC(=O)CCC(=O)O)cc3)C=Cc3c4c(c5ccc(C)cc5c3O2)-c2ccc(C)cc2C42CCCCCCC2)cc1. The molecule has 1 fully saturated rings. The number of benzene rings is 5. The Hall–Kier alpha value is -5.36. The molecular formula is C48H48O6. The van der Waals surface area contributed by atoms with Crippen LogP contribution in [0.4, 0.5) is 0 Å². The van der Waals surface area contributed by atoms with Crippen molar-refractivity contribution in [2.24, 2.45) is 0 Å². The van der Waals surface area contributed by atoms with Gasteiger partial charge in [0.1, 0.15) is 24.7 Å². The van der Waals surface area contributed by atoms with Crippen LogP contribution in [0.5, 0.6) is 11.5 Å². The second kappa shape index (κ2) is 14.5. The number of carbonyl (C=O) groups excluding carboxylic acids is 1. The van der Waals surface area contributed by atoms with E-state index >= 15 is 0 Å². The maximum Gasteiger partial charge on any atom is 0.306 e. The highest BCUT2D eigenvalue weighted by Gasteiger charge is 2.48. The lowest BCUT2D eigenvalue weighted by Crippen LogP contribution is -2.35. The number of hydrogen-bond acceptors (Lipinski definition) is 5. The van der Waals surface area contributed by atoms with E-state index in [9.17, 15) is 9.59 Å². The number of carboxylic acids is 1. The summed E-state index contributed by atoms with van der Waals surface area (Å²) in [6.45, 7) is 6.69. The van der Waals surface area contributed by atoms with E-state index in [1.807, 2.05) is 12.1 Å². The Bertz CT molecular complexity index is 2260. The number of rotatable bonds is 9. The number of fused-ring (bicyclic) bond motifs is 10. The van der Waals surface area contributed by atoms with Gasteiger partial charge in [0, 0.05) is 27.5 Å². The van der Waals surface area contributed by atoms with Crippen LogP contribution < -0.4 is 9.47 Å². The van der Waals surface area contributed by atoms with E-state index in [4.69, 9.17) is 19.3 Å². The Morgan fingerprint density at radius 1 is 0.722 bits per heavy atom. The van der Waals surface area contributed by atoms with Crippen LogP contribution in [-0.4, -0.2) is 30.3 Å². The molecule has 0 radical (unpaired) electrons. The number of hydrogen-bond donors (Lipinski definition) is 1. The molecule has 1 heterocycles. The van der Waals surface area contributed by atoms with E-state index < -0.39 is 17.5 Å². The molecule has 0 bridgehead atoms. The summed E-state index contributed by atoms with van der Waals surface area (Å²) in [5.74, 6) is -0.00578. The van der Waals surface area contributed by atoms with Crippen molar-refractivity contribution in [1.29, 1.82) is 0 Å². The van der Waals surface area contributed by atoms with Gasteiger partial charge < -0.3 is 19.3 Å². The number of ether oxygens (including phenoxy) is 3. The highest BCUT2D eigenvalue weighted by atomic mass is 16.6. The van der Waals surface area contributed by atoms with Crippen LogP contribution in [0.2, 0.25) is 0 Å². The van der Waals surface area contributed by atoms with Gasteiger partial charge >= 0.3 is 11.9 Å². The van der Waals surface area contributed by atoms with Crippen LogP contribution in [-0.2, 0) is 25.3 Å². The second-order valence-electron chi connectivity index (χ2n) is 15.5. The van der Waals surface area contributed by atoms with Crippen molar-refractivity contribution in [3.05, 3.63) is 136 Å². The summed E-state index contributed by atoms with van der Waals surface area (Å²) < 4.78 is 18.7. The minimum Gasteiger partial charge on any atom is -0.490 e. The third-order valence-electron chi connectivity index (χ3n) is 11.8. The second-order valence-corrected chi connectivity index (χ2v) is 15.5. The molecule has 0 amide bonds. The zero-order valence-electron chi connectivity index (χ0n) is 31.5. The maximum atomic E-state index is 11.8. The number of carbonyl (C=O) groups is 2. The van der Waals surface area contributed by atoms with Gasteiger partial charge in [0.05, 0.1) is 12.8 Å². The number of aliphatic carboxylic acids is 1. The van der Waals surface area contributed by atoms with Crippen molar-refractivity contribution in [2.45, 2.75) is 89.6 Å². The first-order valence-electron chi connectivity index (χ1n) is 19.5. The van der Waals surface area contributed by atoms with Gasteiger partial charge in [-0.25, -0.2) is 0 Å². The smallest absolute Gasteiger partial charge is 0.306 e. The van der Waals surface area contributed by atoms with Crippen LogP contribution in [0.15, 0.2) is 91.0 Å². The van der Waals surface area contributed by atoms with Crippen molar-refractivity contribution >= 4 is 28.8 Å². The normalized spacial score (nSPS) is 18.2. The van der Waals surface area contributed by atoms with Crippen molar-refractivity contribution in [3.8, 4) is 22.6 Å². The molecule has 6 heteroatoms. The fourth-order valence-electron chi connectivity index (χ4n) is 9.14. The number of carboxylic acid groups (broad SMARTS) is 1. The Kier molecular flexibility index (Phi) is 9.55. The molecule has 1 atom stereocenters. The van der Waals surface area contributed by atoms with Crippen LogP contribution >= 0.6 is 0 Å². The fourth-order valence-corrected chi connectivity index (χ4v) is 9.14. The van der Waals surface area contributed by atoms with Gasteiger partial charge in [0.15, 0.2) is 5.60 Å². The molecule has 3 aliphatic rings. The Morgan fingerprint density at radius 3 is 2.09 bits per heavy atom. The summed E-state index contributed by atoms with van der Waals surface area (Å²) in [4.78, 5) is 22.6. The average Bonchev–Trinajstić information content (AvgIpc) is 3.44. The average molecular weight is 721 g/mol. The molecule has 5 aromatic carbocycles. The molecule has 0 aromatic heterocycles. The molecule has 8 rings (SSSR count). The van der Waals surface area contributed by atoms with E-state index in [1.165, 1.54) is 82.0 Å². The molecule has 0 saturated heterocycles. The third-order valence-corrected chi connectivity index (χ3v) is 11.8. The van der Waals surface area contributed by atoms with Gasteiger partial charge in [0.2, 0.25) is 0 Å². The van der Waals surface area contributed by atoms with E-state index in [0.29, 0.717) is 5.75 Å². The van der Waals surface area contributed by atoms with Crippen LogP contribution in [0.1, 0.15) is 102 Å². The first-order chi connectivity index (χ1) is 26.2. The minimum absolute atomic E-state index is 0.0396. The first-order valence-corrected chi connectivity index (χ1v) is 19.5. The molecule has 1 spiro atoms. The Morgan fingerprint density at radius 2 is 1.37 bits per heavy atom. The predicted molar refractivity (Wildman–Crippen MR) is 213 cm³/mol. The Balaban J connectivity index is 1.23. The lowest BCUT2D eigenvalue weighted by Gasteiger charge is -2.40. The van der Waals surface area contributed by atoms with Crippen LogP contribution in [0.3, 0.4) is 0 Å². The first kappa shape index (κ1) is 35.7. The molecular weight excluding hydrogens is 673 g/mol. The molecule has 1 N–H and O–H groups in total. The summed E-state index contributed by atoms with van der Waals surface area (Å²) in [5.41, 5.74) is 11.6. The van der Waals surface area contributed by atoms with E-state index in [1.54, 1.807) is 0 Å². The summed E-state index contributed by atoms with van der Waals surface area (Å²) in [7, 11) is 0. The van der Waals surface area contributed by atoms with Crippen LogP contribution in [0.25, 0.3) is 28.0 Å². The van der Waals surface area contributed by atoms with Gasteiger partial charge in [-0.3, -0.25) is 9.59 Å². The van der Waals surface area contributed by atoms with Gasteiger partial charge in [-0.2, -0.15) is 0 Å². The summed E-state index contributed by atoms with van der Waals surface area (Å²) in [6.07, 6.45) is 12.8. The zero-order chi connectivity index (χ0) is 37.5. The third kappa shape index (κ3) is 6.36. The maximum absolute atomic E-state index is 11.8. The number of esters is 1. The van der Waals surface area contributed by atoms with Crippen LogP contribution in [0, 0.1) is 20.8 Å². The molecule has 276 valence electrons. The summed E-state index contributed by atoms with van der Waals surface area (Å²) >= 11 is 0. The van der Waals surface area contributed by atoms with Gasteiger partial charge in [-0.05, 0) is 85.5 Å². The lowest BCUT2D eigenvalue weighted by atomic mass is 9.67. The zero-order valence-corrected chi connectivity index (χ0v) is 31.5. The lowest BCUT2D eigenvalue weighted by molar-refractivity contribution is -0.148. The topological polar surface area (TPSA) is 82.1 Å². The van der Waals surface area contributed by atoms with Gasteiger partial charge in [-0.15, -0.1) is 0 Å². The molecule has 1 unspecified atom stereocenters. The van der Waals surface area contributed by atoms with E-state index in [2.05, 4.69) is 106 Å². The quantitative estimate of drug-likeness (QED) is 0.121. The molecule has 5 aromatic rings. The predicted octanol–water partition coefficient (Wildman–Crippen LogP) is 10.9. The van der Waals surface area contributed by atoms with Crippen molar-refractivity contribution < 1.29 is 28.9 Å². The fraction of sp³-hybridized carbons (Fsp3) is 0.333. The Labute approximate surface area is 317 Å². The minimum atomic E-state index is -1.03. The number of aryl methyl sites for hydroxylation is 3. The van der Waals surface area contributed by atoms with Crippen molar-refractivity contribution in [2.75, 3.05) is 13.2 Å². The van der Waals surface area contributed by atoms with E-state index in [-0.39, 0.29) is 31.5 Å². The summed E-state index contributed by atoms with van der Waals surface area (Å²) in [5, 5.41) is 11.2. The highest BCUT2D eigenvalue weighted by Crippen LogP contribution is 2.61. The highest BCUT2D eigenvalue weighted by molar-refractivity contribution is 6.09. The van der Waals surface area contributed by atoms with E-state index in [0.717, 1.165) is 35.1 Å². The summed E-state index contributed by atoms with van der Waals surface area (Å²) in [6, 6.07) is 30.6. The standard InChI is InChI=1S/C48H48O6/c1-31-9-13-34(14-10-31)48(35-15-17-36(18-16-35)52-27-28-53-43(51)22-21-42(49)50)26-23-39-45-44(37-19-11-32(2)29-40(37)46(39)54-48)38-20-12-33(3)30-41(38)47(45)24-7-5-4-6-8-25-47/h9-20,23,26,29-30H,4-8,21-22,24-25,27-28H2,1-3H3,(H,49,50). The van der Waals surface area contributed by atoms with Crippen molar-refractivity contribution in [1.82, 2.24) is 0 Å². The molecule has 6 nitrogen and oxygen atoms in total. The van der Waals surface area contributed by atoms with Gasteiger partial charge in [-0.1, -0.05) is 122 Å². The molecule has 1 saturated carbocycles. The molecule has 1 aliphatic heterocycles. The molecule has 2 aliphatic carbocycles.